The highest BCUT2D eigenvalue weighted by atomic mass is 35.5. The molecule has 23 heavy (non-hydrogen) atoms. The molecule has 1 atom stereocenters. The number of carbonyl (C=O) groups excluding carboxylic acids is 1. The summed E-state index contributed by atoms with van der Waals surface area (Å²) in [5.74, 6) is 0.398. The number of nitrogens with one attached hydrogen (secondary N) is 1. The molecule has 0 aliphatic carbocycles. The highest BCUT2D eigenvalue weighted by Gasteiger charge is 2.18. The minimum atomic E-state index is -0.581. The molecule has 0 saturated carbocycles. The molecule has 0 heterocycles. The zero-order valence-electron chi connectivity index (χ0n) is 12.5. The van der Waals surface area contributed by atoms with Crippen molar-refractivity contribution in [1.29, 1.82) is 0 Å². The van der Waals surface area contributed by atoms with Gasteiger partial charge in [-0.05, 0) is 48.4 Å². The predicted octanol–water partition coefficient (Wildman–Crippen LogP) is 5.12. The Labute approximate surface area is 150 Å². The van der Waals surface area contributed by atoms with Gasteiger partial charge in [-0.25, -0.2) is 0 Å². The van der Waals surface area contributed by atoms with Crippen LogP contribution >= 0.6 is 34.8 Å². The zero-order chi connectivity index (χ0) is 16.8. The van der Waals surface area contributed by atoms with Crippen molar-refractivity contribution in [2.24, 2.45) is 0 Å². The van der Waals surface area contributed by atoms with E-state index in [-0.39, 0.29) is 5.91 Å². The SMILES string of the molecule is CC[C@H](Oc1ccc(Cl)cc1)C(=O)NCc1ccc(Cl)cc1Cl. The highest BCUT2D eigenvalue weighted by Crippen LogP contribution is 2.21. The molecular weight excluding hydrogens is 357 g/mol. The summed E-state index contributed by atoms with van der Waals surface area (Å²) in [6, 6.07) is 12.1. The first-order valence-corrected chi connectivity index (χ1v) is 8.27. The fraction of sp³-hybridized carbons (Fsp3) is 0.235. The van der Waals surface area contributed by atoms with Gasteiger partial charge < -0.3 is 10.1 Å². The van der Waals surface area contributed by atoms with Gasteiger partial charge in [-0.2, -0.15) is 0 Å². The van der Waals surface area contributed by atoms with Crippen LogP contribution in [-0.4, -0.2) is 12.0 Å². The van der Waals surface area contributed by atoms with Crippen molar-refractivity contribution in [3.8, 4) is 5.75 Å². The molecule has 6 heteroatoms. The number of rotatable bonds is 6. The average molecular weight is 373 g/mol. The van der Waals surface area contributed by atoms with E-state index in [9.17, 15) is 4.79 Å². The second kappa shape index (κ2) is 8.44. The first-order valence-electron chi connectivity index (χ1n) is 7.13. The molecular formula is C17H16Cl3NO2. The van der Waals surface area contributed by atoms with Gasteiger partial charge >= 0.3 is 0 Å². The Balaban J connectivity index is 1.95. The van der Waals surface area contributed by atoms with Crippen molar-refractivity contribution in [3.63, 3.8) is 0 Å². The van der Waals surface area contributed by atoms with Crippen molar-refractivity contribution < 1.29 is 9.53 Å². The Bertz CT molecular complexity index is 674. The summed E-state index contributed by atoms with van der Waals surface area (Å²) in [7, 11) is 0. The summed E-state index contributed by atoms with van der Waals surface area (Å²) in [6.45, 7) is 2.20. The summed E-state index contributed by atoms with van der Waals surface area (Å²) < 4.78 is 5.69. The van der Waals surface area contributed by atoms with Gasteiger partial charge in [0.2, 0.25) is 0 Å². The molecule has 0 aliphatic heterocycles. The third kappa shape index (κ3) is 5.31. The van der Waals surface area contributed by atoms with E-state index < -0.39 is 6.10 Å². The lowest BCUT2D eigenvalue weighted by Crippen LogP contribution is -2.37. The number of halogens is 3. The largest absolute Gasteiger partial charge is 0.481 e. The molecule has 3 nitrogen and oxygen atoms in total. The third-order valence-electron chi connectivity index (χ3n) is 3.22. The Morgan fingerprint density at radius 2 is 1.74 bits per heavy atom. The number of amides is 1. The molecule has 0 bridgehead atoms. The molecule has 0 spiro atoms. The molecule has 2 rings (SSSR count). The molecule has 0 aliphatic rings. The maximum absolute atomic E-state index is 12.3. The molecule has 1 amide bonds. The van der Waals surface area contributed by atoms with Crippen molar-refractivity contribution in [2.75, 3.05) is 0 Å². The molecule has 2 aromatic rings. The van der Waals surface area contributed by atoms with Crippen LogP contribution in [0.5, 0.6) is 5.75 Å². The van der Waals surface area contributed by atoms with E-state index in [0.29, 0.717) is 33.8 Å². The molecule has 0 aromatic heterocycles. The van der Waals surface area contributed by atoms with E-state index in [4.69, 9.17) is 39.5 Å². The van der Waals surface area contributed by atoms with Crippen LogP contribution in [0.25, 0.3) is 0 Å². The van der Waals surface area contributed by atoms with Crippen LogP contribution in [0.3, 0.4) is 0 Å². The summed E-state index contributed by atoms with van der Waals surface area (Å²) >= 11 is 17.8. The van der Waals surface area contributed by atoms with Crippen LogP contribution in [-0.2, 0) is 11.3 Å². The van der Waals surface area contributed by atoms with Crippen LogP contribution in [0.15, 0.2) is 42.5 Å². The first kappa shape index (κ1) is 17.9. The Morgan fingerprint density at radius 1 is 1.09 bits per heavy atom. The third-order valence-corrected chi connectivity index (χ3v) is 4.06. The van der Waals surface area contributed by atoms with Crippen LogP contribution in [0.2, 0.25) is 15.1 Å². The van der Waals surface area contributed by atoms with E-state index in [1.807, 2.05) is 6.92 Å². The average Bonchev–Trinajstić information content (AvgIpc) is 2.53. The lowest BCUT2D eigenvalue weighted by molar-refractivity contribution is -0.128. The van der Waals surface area contributed by atoms with Crippen LogP contribution in [0, 0.1) is 0 Å². The molecule has 2 aromatic carbocycles. The summed E-state index contributed by atoms with van der Waals surface area (Å²) in [5.41, 5.74) is 0.797. The zero-order valence-corrected chi connectivity index (χ0v) is 14.8. The molecule has 1 N–H and O–H groups in total. The number of hydrogen-bond acceptors (Lipinski definition) is 2. The summed E-state index contributed by atoms with van der Waals surface area (Å²) in [5, 5.41) is 4.52. The van der Waals surface area contributed by atoms with E-state index in [2.05, 4.69) is 5.32 Å². The highest BCUT2D eigenvalue weighted by molar-refractivity contribution is 6.35. The fourth-order valence-electron chi connectivity index (χ4n) is 1.96. The van der Waals surface area contributed by atoms with E-state index >= 15 is 0 Å². The van der Waals surface area contributed by atoms with Gasteiger partial charge in [-0.15, -0.1) is 0 Å². The number of benzene rings is 2. The summed E-state index contributed by atoms with van der Waals surface area (Å²) in [4.78, 5) is 12.3. The smallest absolute Gasteiger partial charge is 0.261 e. The lowest BCUT2D eigenvalue weighted by Gasteiger charge is -2.17. The molecule has 0 unspecified atom stereocenters. The van der Waals surface area contributed by atoms with Gasteiger partial charge in [0.25, 0.3) is 5.91 Å². The Morgan fingerprint density at radius 3 is 2.35 bits per heavy atom. The van der Waals surface area contributed by atoms with E-state index in [1.165, 1.54) is 0 Å². The maximum atomic E-state index is 12.3. The number of hydrogen-bond donors (Lipinski definition) is 1. The van der Waals surface area contributed by atoms with Crippen molar-refractivity contribution in [2.45, 2.75) is 26.0 Å². The second-order valence-electron chi connectivity index (χ2n) is 4.92. The lowest BCUT2D eigenvalue weighted by atomic mass is 10.2. The quantitative estimate of drug-likeness (QED) is 0.764. The van der Waals surface area contributed by atoms with Gasteiger partial charge in [0.15, 0.2) is 6.10 Å². The molecule has 0 saturated heterocycles. The van der Waals surface area contributed by atoms with Gasteiger partial charge in [0.05, 0.1) is 0 Å². The van der Waals surface area contributed by atoms with Gasteiger partial charge in [-0.1, -0.05) is 47.8 Å². The second-order valence-corrected chi connectivity index (χ2v) is 6.20. The van der Waals surface area contributed by atoms with Crippen molar-refractivity contribution in [3.05, 3.63) is 63.1 Å². The minimum absolute atomic E-state index is 0.200. The van der Waals surface area contributed by atoms with E-state index in [0.717, 1.165) is 5.56 Å². The fourth-order valence-corrected chi connectivity index (χ4v) is 2.56. The van der Waals surface area contributed by atoms with Gasteiger partial charge in [0.1, 0.15) is 5.75 Å². The summed E-state index contributed by atoms with van der Waals surface area (Å²) in [6.07, 6.45) is -0.0368. The standard InChI is InChI=1S/C17H16Cl3NO2/c1-2-16(23-14-7-5-12(18)6-8-14)17(22)21-10-11-3-4-13(19)9-15(11)20/h3-9,16H,2,10H2,1H3,(H,21,22)/t16-/m0/s1. The van der Waals surface area contributed by atoms with Crippen molar-refractivity contribution in [1.82, 2.24) is 5.32 Å². The molecule has 122 valence electrons. The molecule has 0 radical (unpaired) electrons. The topological polar surface area (TPSA) is 38.3 Å². The monoisotopic (exact) mass is 371 g/mol. The minimum Gasteiger partial charge on any atom is -0.481 e. The number of ether oxygens (including phenoxy) is 1. The van der Waals surface area contributed by atoms with Crippen LogP contribution in [0.1, 0.15) is 18.9 Å². The van der Waals surface area contributed by atoms with Gasteiger partial charge in [0, 0.05) is 21.6 Å². The van der Waals surface area contributed by atoms with Gasteiger partial charge in [-0.3, -0.25) is 4.79 Å². The van der Waals surface area contributed by atoms with Crippen LogP contribution in [0.4, 0.5) is 0 Å². The Hall–Kier alpha value is -1.42. The normalized spacial score (nSPS) is 11.8. The Kier molecular flexibility index (Phi) is 6.58. The maximum Gasteiger partial charge on any atom is 0.261 e. The van der Waals surface area contributed by atoms with Crippen molar-refractivity contribution >= 4 is 40.7 Å². The van der Waals surface area contributed by atoms with E-state index in [1.54, 1.807) is 42.5 Å². The predicted molar refractivity (Wildman–Crippen MR) is 94.5 cm³/mol. The van der Waals surface area contributed by atoms with Crippen LogP contribution < -0.4 is 10.1 Å². The molecule has 0 fully saturated rings. The number of carbonyl (C=O) groups is 1. The first-order chi connectivity index (χ1) is 11.0.